The van der Waals surface area contributed by atoms with E-state index in [0.29, 0.717) is 0 Å². The molecule has 0 amide bonds. The van der Waals surface area contributed by atoms with Gasteiger partial charge in [-0.3, -0.25) is 0 Å². The van der Waals surface area contributed by atoms with Gasteiger partial charge in [0.15, 0.2) is 0 Å². The summed E-state index contributed by atoms with van der Waals surface area (Å²) in [6.45, 7) is 0. The molecule has 0 aliphatic carbocycles. The average Bonchev–Trinajstić information content (AvgIpc) is 1.69. The fourth-order valence-corrected chi connectivity index (χ4v) is 0.869. The topological polar surface area (TPSA) is 0 Å². The Morgan fingerprint density at radius 2 is 1.50 bits per heavy atom. The first-order chi connectivity index (χ1) is 3.39. The van der Waals surface area contributed by atoms with Crippen molar-refractivity contribution >= 4 is 44.8 Å². The quantitative estimate of drug-likeness (QED) is 0.534. The van der Waals surface area contributed by atoms with Crippen LogP contribution < -0.4 is 3.61 Å². The summed E-state index contributed by atoms with van der Waals surface area (Å²) in [6, 6.07) is 10.3. The van der Waals surface area contributed by atoms with E-state index in [4.69, 9.17) is 0 Å². The minimum atomic E-state index is 0. The SMILES string of the molecule is [Li].[Te]c1ccccc1. The third-order valence-electron chi connectivity index (χ3n) is 0.743. The van der Waals surface area contributed by atoms with Gasteiger partial charge in [0.05, 0.1) is 0 Å². The van der Waals surface area contributed by atoms with Crippen molar-refractivity contribution in [3.63, 3.8) is 0 Å². The Bertz CT molecular complexity index is 138. The summed E-state index contributed by atoms with van der Waals surface area (Å²) in [5, 5.41) is 0. The van der Waals surface area contributed by atoms with Crippen molar-refractivity contribution in [2.75, 3.05) is 0 Å². The molecule has 2 heteroatoms. The summed E-state index contributed by atoms with van der Waals surface area (Å²) in [4.78, 5) is 0. The van der Waals surface area contributed by atoms with E-state index in [9.17, 15) is 0 Å². The van der Waals surface area contributed by atoms with E-state index in [-0.39, 0.29) is 18.9 Å². The van der Waals surface area contributed by atoms with Crippen LogP contribution in [0.15, 0.2) is 30.3 Å². The van der Waals surface area contributed by atoms with Crippen LogP contribution in [0.25, 0.3) is 0 Å². The standard InChI is InChI=1S/C6H5Te.Li/c7-6-4-2-1-3-5-6;/h1-5H;. The van der Waals surface area contributed by atoms with Gasteiger partial charge in [-0.2, -0.15) is 0 Å². The second kappa shape index (κ2) is 4.48. The fourth-order valence-electron chi connectivity index (χ4n) is 0.420. The molecule has 1 aromatic carbocycles. The van der Waals surface area contributed by atoms with Gasteiger partial charge in [-0.1, -0.05) is 0 Å². The average molecular weight is 212 g/mol. The summed E-state index contributed by atoms with van der Waals surface area (Å²) < 4.78 is 1.33. The first-order valence-corrected chi connectivity index (χ1v) is 3.28. The zero-order valence-electron chi connectivity index (χ0n) is 4.79. The molecule has 0 bridgehead atoms. The van der Waals surface area contributed by atoms with Crippen LogP contribution >= 0.6 is 0 Å². The van der Waals surface area contributed by atoms with Gasteiger partial charge in [0.2, 0.25) is 0 Å². The molecule has 0 N–H and O–H groups in total. The Kier molecular flexibility index (Phi) is 4.82. The van der Waals surface area contributed by atoms with Crippen molar-refractivity contribution in [1.29, 1.82) is 0 Å². The van der Waals surface area contributed by atoms with E-state index < -0.39 is 0 Å². The summed E-state index contributed by atoms with van der Waals surface area (Å²) in [5.41, 5.74) is 0. The molecular weight excluding hydrogens is 207 g/mol. The molecule has 0 aromatic heterocycles. The Balaban J connectivity index is 0.000000490. The predicted octanol–water partition coefficient (Wildman–Crippen LogP) is 0.0996. The molecule has 36 valence electrons. The predicted molar refractivity (Wildman–Crippen MR) is 37.6 cm³/mol. The molecule has 0 aliphatic rings. The van der Waals surface area contributed by atoms with Gasteiger partial charge in [-0.05, 0) is 0 Å². The summed E-state index contributed by atoms with van der Waals surface area (Å²) >= 11 is 2.02. The summed E-state index contributed by atoms with van der Waals surface area (Å²) in [7, 11) is 0. The molecule has 0 aliphatic heterocycles. The number of hydrogen-bond acceptors (Lipinski definition) is 0. The van der Waals surface area contributed by atoms with Gasteiger partial charge in [-0.15, -0.1) is 0 Å². The summed E-state index contributed by atoms with van der Waals surface area (Å²) in [5.74, 6) is 0. The van der Waals surface area contributed by atoms with Crippen LogP contribution in [0.5, 0.6) is 0 Å². The zero-order valence-corrected chi connectivity index (χ0v) is 7.13. The Morgan fingerprint density at radius 1 is 1.00 bits per heavy atom. The van der Waals surface area contributed by atoms with Gasteiger partial charge < -0.3 is 0 Å². The van der Waals surface area contributed by atoms with Crippen LogP contribution in [0, 0.1) is 0 Å². The molecule has 0 saturated carbocycles. The van der Waals surface area contributed by atoms with E-state index in [0.717, 1.165) is 0 Å². The van der Waals surface area contributed by atoms with Crippen LogP contribution in [0.2, 0.25) is 0 Å². The van der Waals surface area contributed by atoms with Crippen molar-refractivity contribution in [2.24, 2.45) is 0 Å². The van der Waals surface area contributed by atoms with Gasteiger partial charge in [0.1, 0.15) is 0 Å². The molecule has 0 fully saturated rings. The van der Waals surface area contributed by atoms with Crippen molar-refractivity contribution in [1.82, 2.24) is 0 Å². The van der Waals surface area contributed by atoms with E-state index in [1.807, 2.05) is 40.5 Å². The van der Waals surface area contributed by atoms with Crippen LogP contribution in [0.1, 0.15) is 0 Å². The van der Waals surface area contributed by atoms with E-state index in [1.54, 1.807) is 0 Å². The van der Waals surface area contributed by atoms with Crippen molar-refractivity contribution < 1.29 is 0 Å². The molecule has 0 spiro atoms. The molecule has 0 saturated heterocycles. The molecular formula is C6H5LiTe. The molecule has 0 nitrogen and oxygen atoms in total. The Hall–Kier alpha value is 0.607. The zero-order chi connectivity index (χ0) is 5.11. The third-order valence-corrected chi connectivity index (χ3v) is 1.52. The maximum atomic E-state index is 2.09. The van der Waals surface area contributed by atoms with E-state index >= 15 is 0 Å². The van der Waals surface area contributed by atoms with E-state index in [2.05, 4.69) is 12.1 Å². The molecule has 1 rings (SSSR count). The second-order valence-electron chi connectivity index (χ2n) is 1.31. The fraction of sp³-hybridized carbons (Fsp3) is 0. The molecule has 0 atom stereocenters. The van der Waals surface area contributed by atoms with Crippen LogP contribution in [-0.4, -0.2) is 41.2 Å². The van der Waals surface area contributed by atoms with Crippen molar-refractivity contribution in [3.8, 4) is 0 Å². The molecule has 8 heavy (non-hydrogen) atoms. The molecule has 1 aromatic rings. The van der Waals surface area contributed by atoms with Crippen LogP contribution in [0.4, 0.5) is 0 Å². The molecule has 2 radical (unpaired) electrons. The van der Waals surface area contributed by atoms with Gasteiger partial charge >= 0.3 is 56.2 Å². The maximum absolute atomic E-state index is 2.09. The number of rotatable bonds is 0. The molecule has 0 unspecified atom stereocenters. The van der Waals surface area contributed by atoms with E-state index in [1.165, 1.54) is 3.61 Å². The van der Waals surface area contributed by atoms with Crippen molar-refractivity contribution in [2.45, 2.75) is 0 Å². The first-order valence-electron chi connectivity index (χ1n) is 2.11. The minimum absolute atomic E-state index is 0. The Labute approximate surface area is 74.8 Å². The van der Waals surface area contributed by atoms with Crippen LogP contribution in [0.3, 0.4) is 0 Å². The second-order valence-corrected chi connectivity index (χ2v) is 2.66. The van der Waals surface area contributed by atoms with Crippen molar-refractivity contribution in [3.05, 3.63) is 30.3 Å². The van der Waals surface area contributed by atoms with Gasteiger partial charge in [-0.25, -0.2) is 0 Å². The monoisotopic (exact) mass is 214 g/mol. The Morgan fingerprint density at radius 3 is 1.75 bits per heavy atom. The third kappa shape index (κ3) is 2.80. The number of benzene rings is 1. The van der Waals surface area contributed by atoms with Gasteiger partial charge in [0, 0.05) is 18.9 Å². The summed E-state index contributed by atoms with van der Waals surface area (Å²) in [6.07, 6.45) is 0. The molecule has 0 heterocycles. The van der Waals surface area contributed by atoms with Crippen LogP contribution in [-0.2, 0) is 0 Å². The first kappa shape index (κ1) is 8.61. The normalized spacial score (nSPS) is 7.50. The van der Waals surface area contributed by atoms with Gasteiger partial charge in [0.25, 0.3) is 0 Å². The number of hydrogen-bond donors (Lipinski definition) is 0.